The quantitative estimate of drug-likeness (QED) is 0.367. The lowest BCUT2D eigenvalue weighted by Gasteiger charge is -2.32. The van der Waals surface area contributed by atoms with Crippen LogP contribution in [0.25, 0.3) is 0 Å². The summed E-state index contributed by atoms with van der Waals surface area (Å²) in [4.78, 5) is 29.4. The lowest BCUT2D eigenvalue weighted by molar-refractivity contribution is -0.141. The molecule has 0 heterocycles. The smallest absolute Gasteiger partial charge is 0.243 e. The Balaban J connectivity index is 1.72. The van der Waals surface area contributed by atoms with Crippen LogP contribution >= 0.6 is 35.0 Å². The summed E-state index contributed by atoms with van der Waals surface area (Å²) in [6, 6.07) is 13.2. The Morgan fingerprint density at radius 2 is 1.82 bits per heavy atom. The Kier molecular flexibility index (Phi) is 9.96. The van der Waals surface area contributed by atoms with Gasteiger partial charge < -0.3 is 10.2 Å². The van der Waals surface area contributed by atoms with E-state index in [1.54, 1.807) is 28.8 Å². The zero-order chi connectivity index (χ0) is 23.8. The fourth-order valence-electron chi connectivity index (χ4n) is 4.15. The lowest BCUT2D eigenvalue weighted by Crippen LogP contribution is -2.51. The van der Waals surface area contributed by atoms with E-state index >= 15 is 0 Å². The topological polar surface area (TPSA) is 49.4 Å². The molecular formula is C26H32Cl2N2O2S. The van der Waals surface area contributed by atoms with Crippen molar-refractivity contribution in [3.63, 3.8) is 0 Å². The second kappa shape index (κ2) is 12.7. The number of benzene rings is 2. The van der Waals surface area contributed by atoms with E-state index in [0.29, 0.717) is 28.6 Å². The first-order chi connectivity index (χ1) is 15.9. The third-order valence-corrected chi connectivity index (χ3v) is 7.65. The molecule has 2 amide bonds. The molecule has 0 aliphatic heterocycles. The van der Waals surface area contributed by atoms with Gasteiger partial charge in [0.2, 0.25) is 11.8 Å². The van der Waals surface area contributed by atoms with Gasteiger partial charge in [-0.2, -0.15) is 0 Å². The summed E-state index contributed by atoms with van der Waals surface area (Å²) >= 11 is 14.1. The summed E-state index contributed by atoms with van der Waals surface area (Å²) in [5, 5.41) is 4.21. The first kappa shape index (κ1) is 25.9. The van der Waals surface area contributed by atoms with Gasteiger partial charge in [0, 0.05) is 39.7 Å². The molecule has 1 saturated carbocycles. The van der Waals surface area contributed by atoms with Crippen LogP contribution in [-0.4, -0.2) is 34.6 Å². The number of thioether (sulfide) groups is 1. The zero-order valence-corrected chi connectivity index (χ0v) is 21.6. The highest BCUT2D eigenvalue weighted by molar-refractivity contribution is 7.99. The van der Waals surface area contributed by atoms with Gasteiger partial charge in [-0.25, -0.2) is 0 Å². The molecule has 3 rings (SSSR count). The van der Waals surface area contributed by atoms with Crippen molar-refractivity contribution < 1.29 is 9.59 Å². The van der Waals surface area contributed by atoms with Crippen LogP contribution in [-0.2, 0) is 16.1 Å². The van der Waals surface area contributed by atoms with Crippen LogP contribution in [0, 0.1) is 6.92 Å². The van der Waals surface area contributed by atoms with Crippen LogP contribution in [0.4, 0.5) is 0 Å². The Labute approximate surface area is 211 Å². The third-order valence-electron chi connectivity index (χ3n) is 6.05. The van der Waals surface area contributed by atoms with Crippen molar-refractivity contribution in [3.05, 3.63) is 63.6 Å². The van der Waals surface area contributed by atoms with E-state index in [-0.39, 0.29) is 24.4 Å². The molecule has 0 spiro atoms. The average molecular weight is 508 g/mol. The van der Waals surface area contributed by atoms with E-state index in [1.165, 1.54) is 5.56 Å². The molecule has 2 aromatic carbocycles. The Hall–Kier alpha value is -1.69. The largest absolute Gasteiger partial charge is 0.352 e. The number of carbonyl (C=O) groups excluding carboxylic acids is 2. The molecule has 1 aliphatic rings. The molecule has 33 heavy (non-hydrogen) atoms. The third kappa shape index (κ3) is 7.66. The fourth-order valence-corrected chi connectivity index (χ4v) is 5.46. The van der Waals surface area contributed by atoms with Crippen molar-refractivity contribution in [2.75, 3.05) is 5.75 Å². The number of nitrogens with one attached hydrogen (secondary N) is 1. The summed E-state index contributed by atoms with van der Waals surface area (Å²) in [5.41, 5.74) is 1.99. The lowest BCUT2D eigenvalue weighted by atomic mass is 10.1. The molecule has 0 unspecified atom stereocenters. The minimum absolute atomic E-state index is 0.0472. The predicted octanol–water partition coefficient (Wildman–Crippen LogP) is 6.65. The van der Waals surface area contributed by atoms with Crippen LogP contribution in [0.15, 0.2) is 47.4 Å². The Bertz CT molecular complexity index is 946. The standard InChI is InChI=1S/C26H32Cl2N2O2S/c1-3-24(26(32)29-21-6-4-5-7-21)30(17-19-10-11-20(27)16-23(19)28)25(31)14-15-33-22-12-8-18(2)9-13-22/h8-13,16,21,24H,3-7,14-15,17H2,1-2H3,(H,29,32)/t24-/m0/s1. The number of amides is 2. The molecule has 1 fully saturated rings. The van der Waals surface area contributed by atoms with E-state index in [9.17, 15) is 9.59 Å². The average Bonchev–Trinajstić information content (AvgIpc) is 3.29. The molecule has 7 heteroatoms. The predicted molar refractivity (Wildman–Crippen MR) is 138 cm³/mol. The van der Waals surface area contributed by atoms with Crippen molar-refractivity contribution in [1.29, 1.82) is 0 Å². The first-order valence-electron chi connectivity index (χ1n) is 11.6. The molecule has 4 nitrogen and oxygen atoms in total. The van der Waals surface area contributed by atoms with E-state index in [0.717, 1.165) is 36.1 Å². The SMILES string of the molecule is CC[C@@H](C(=O)NC1CCCC1)N(Cc1ccc(Cl)cc1Cl)C(=O)CCSc1ccc(C)cc1. The van der Waals surface area contributed by atoms with Gasteiger partial charge in [0.05, 0.1) is 0 Å². The summed E-state index contributed by atoms with van der Waals surface area (Å²) in [7, 11) is 0. The molecule has 1 N–H and O–H groups in total. The van der Waals surface area contributed by atoms with Gasteiger partial charge in [0.1, 0.15) is 6.04 Å². The van der Waals surface area contributed by atoms with Crippen LogP contribution in [0.2, 0.25) is 10.0 Å². The normalized spacial score (nSPS) is 14.8. The maximum absolute atomic E-state index is 13.4. The molecule has 0 bridgehead atoms. The summed E-state index contributed by atoms with van der Waals surface area (Å²) in [6.07, 6.45) is 5.18. The Morgan fingerprint density at radius 1 is 1.12 bits per heavy atom. The maximum atomic E-state index is 13.4. The van der Waals surface area contributed by atoms with Gasteiger partial charge in [-0.3, -0.25) is 9.59 Å². The van der Waals surface area contributed by atoms with Crippen molar-refractivity contribution in [2.45, 2.75) is 75.9 Å². The van der Waals surface area contributed by atoms with Gasteiger partial charge in [0.25, 0.3) is 0 Å². The first-order valence-corrected chi connectivity index (χ1v) is 13.3. The summed E-state index contributed by atoms with van der Waals surface area (Å²) in [5.74, 6) is 0.524. The zero-order valence-electron chi connectivity index (χ0n) is 19.3. The van der Waals surface area contributed by atoms with Crippen molar-refractivity contribution in [2.24, 2.45) is 0 Å². The van der Waals surface area contributed by atoms with Crippen LogP contribution in [0.1, 0.15) is 56.6 Å². The Morgan fingerprint density at radius 3 is 2.45 bits per heavy atom. The minimum Gasteiger partial charge on any atom is -0.352 e. The van der Waals surface area contributed by atoms with Crippen molar-refractivity contribution in [1.82, 2.24) is 10.2 Å². The van der Waals surface area contributed by atoms with Gasteiger partial charge in [0.15, 0.2) is 0 Å². The second-order valence-corrected chi connectivity index (χ2v) is 10.6. The highest BCUT2D eigenvalue weighted by Gasteiger charge is 2.30. The number of hydrogen-bond acceptors (Lipinski definition) is 3. The molecule has 178 valence electrons. The minimum atomic E-state index is -0.533. The van der Waals surface area contributed by atoms with E-state index in [2.05, 4.69) is 36.5 Å². The van der Waals surface area contributed by atoms with Crippen LogP contribution < -0.4 is 5.32 Å². The van der Waals surface area contributed by atoms with Gasteiger partial charge in [-0.15, -0.1) is 11.8 Å². The van der Waals surface area contributed by atoms with Crippen molar-refractivity contribution >= 4 is 46.8 Å². The molecule has 1 aliphatic carbocycles. The molecule has 0 saturated heterocycles. The van der Waals surface area contributed by atoms with Gasteiger partial charge in [-0.1, -0.05) is 66.7 Å². The number of halogens is 2. The molecule has 2 aromatic rings. The number of rotatable bonds is 10. The van der Waals surface area contributed by atoms with E-state index in [1.807, 2.05) is 13.0 Å². The van der Waals surface area contributed by atoms with Crippen LogP contribution in [0.3, 0.4) is 0 Å². The molecule has 0 aromatic heterocycles. The van der Waals surface area contributed by atoms with Crippen LogP contribution in [0.5, 0.6) is 0 Å². The maximum Gasteiger partial charge on any atom is 0.243 e. The van der Waals surface area contributed by atoms with E-state index < -0.39 is 6.04 Å². The monoisotopic (exact) mass is 506 g/mol. The van der Waals surface area contributed by atoms with Gasteiger partial charge >= 0.3 is 0 Å². The summed E-state index contributed by atoms with van der Waals surface area (Å²) < 4.78 is 0. The number of hydrogen-bond donors (Lipinski definition) is 1. The fraction of sp³-hybridized carbons (Fsp3) is 0.462. The molecular weight excluding hydrogens is 475 g/mol. The molecule has 0 radical (unpaired) electrons. The number of nitrogens with zero attached hydrogens (tertiary/aromatic N) is 1. The highest BCUT2D eigenvalue weighted by atomic mass is 35.5. The summed E-state index contributed by atoms with van der Waals surface area (Å²) in [6.45, 7) is 4.28. The van der Waals surface area contributed by atoms with E-state index in [4.69, 9.17) is 23.2 Å². The highest BCUT2D eigenvalue weighted by Crippen LogP contribution is 2.26. The number of carbonyl (C=O) groups is 2. The molecule has 1 atom stereocenters. The second-order valence-electron chi connectivity index (χ2n) is 8.58. The van der Waals surface area contributed by atoms with Crippen molar-refractivity contribution in [3.8, 4) is 0 Å². The van der Waals surface area contributed by atoms with Gasteiger partial charge in [-0.05, 0) is 56.0 Å². The number of aryl methyl sites for hydroxylation is 1.